The second-order valence-electron chi connectivity index (χ2n) is 10.4. The zero-order valence-electron chi connectivity index (χ0n) is 22.2. The topological polar surface area (TPSA) is 92.8 Å². The molecule has 8 heteroatoms. The molecule has 1 N–H and O–H groups in total. The molecule has 0 saturated heterocycles. The molecule has 0 fully saturated rings. The number of anilines is 1. The van der Waals surface area contributed by atoms with Crippen molar-refractivity contribution in [1.82, 2.24) is 5.32 Å². The lowest BCUT2D eigenvalue weighted by atomic mass is 9.96. The van der Waals surface area contributed by atoms with Crippen molar-refractivity contribution < 1.29 is 23.9 Å². The number of thioether (sulfide) groups is 1. The minimum atomic E-state index is -0.802. The van der Waals surface area contributed by atoms with E-state index in [0.29, 0.717) is 30.7 Å². The molecule has 0 saturated carbocycles. The van der Waals surface area contributed by atoms with Gasteiger partial charge < -0.3 is 10.1 Å². The molecule has 1 heterocycles. The molecule has 198 valence electrons. The first-order valence-corrected chi connectivity index (χ1v) is 13.5. The Morgan fingerprint density at radius 3 is 2.46 bits per heavy atom. The van der Waals surface area contributed by atoms with Crippen LogP contribution >= 0.6 is 11.8 Å². The molecule has 37 heavy (non-hydrogen) atoms. The van der Waals surface area contributed by atoms with Crippen molar-refractivity contribution in [2.45, 2.75) is 65.5 Å². The third-order valence-electron chi connectivity index (χ3n) is 6.16. The van der Waals surface area contributed by atoms with E-state index in [0.717, 1.165) is 28.5 Å². The first kappa shape index (κ1) is 28.4. The zero-order valence-corrected chi connectivity index (χ0v) is 23.0. The third-order valence-corrected chi connectivity index (χ3v) is 7.13. The van der Waals surface area contributed by atoms with Crippen LogP contribution in [0.5, 0.6) is 0 Å². The van der Waals surface area contributed by atoms with Gasteiger partial charge in [0, 0.05) is 18.4 Å². The van der Waals surface area contributed by atoms with Gasteiger partial charge in [-0.15, -0.1) is 0 Å². The average molecular weight is 525 g/mol. The molecule has 2 aromatic rings. The molecule has 0 radical (unpaired) electrons. The number of ether oxygens (including phenoxy) is 1. The number of para-hydroxylation sites is 1. The van der Waals surface area contributed by atoms with Gasteiger partial charge in [-0.2, -0.15) is 0 Å². The van der Waals surface area contributed by atoms with E-state index in [1.165, 1.54) is 11.8 Å². The van der Waals surface area contributed by atoms with Crippen LogP contribution < -0.4 is 10.2 Å². The molecule has 2 amide bonds. The number of fused-ring (bicyclic) bond motifs is 1. The van der Waals surface area contributed by atoms with E-state index in [1.54, 1.807) is 20.8 Å². The maximum absolute atomic E-state index is 13.7. The molecule has 0 aromatic heterocycles. The summed E-state index contributed by atoms with van der Waals surface area (Å²) in [5, 5.41) is 2.89. The Bertz CT molecular complexity index is 1160. The van der Waals surface area contributed by atoms with Crippen LogP contribution in [0.1, 0.15) is 50.8 Å². The first-order valence-electron chi connectivity index (χ1n) is 12.5. The van der Waals surface area contributed by atoms with Crippen LogP contribution in [-0.2, 0) is 36.8 Å². The Balaban J connectivity index is 1.82. The molecule has 0 spiro atoms. The number of aryl methyl sites for hydroxylation is 2. The number of carbonyl (C=O) groups excluding carboxylic acids is 4. The normalized spacial score (nSPS) is 16.4. The second-order valence-corrected chi connectivity index (χ2v) is 11.6. The largest absolute Gasteiger partial charge is 0.459 e. The molecule has 0 unspecified atom stereocenters. The smallest absolute Gasteiger partial charge is 0.326 e. The van der Waals surface area contributed by atoms with Crippen molar-refractivity contribution >= 4 is 40.3 Å². The van der Waals surface area contributed by atoms with Crippen molar-refractivity contribution in [3.05, 3.63) is 65.2 Å². The summed E-state index contributed by atoms with van der Waals surface area (Å²) in [6, 6.07) is 14.5. The maximum atomic E-state index is 13.7. The lowest BCUT2D eigenvalue weighted by Gasteiger charge is -2.28. The maximum Gasteiger partial charge on any atom is 0.326 e. The Morgan fingerprint density at radius 2 is 1.78 bits per heavy atom. The monoisotopic (exact) mass is 524 g/mol. The van der Waals surface area contributed by atoms with Gasteiger partial charge in [0.2, 0.25) is 11.8 Å². The van der Waals surface area contributed by atoms with E-state index >= 15 is 0 Å². The molecule has 0 aliphatic carbocycles. The summed E-state index contributed by atoms with van der Waals surface area (Å²) in [4.78, 5) is 52.9. The standard InChI is InChI=1S/C29H36N2O5S/c1-19-10-6-7-12-22(19)16-23(18-37-20(2)32)27(34)30-24-15-14-21-11-8-9-13-25(21)31(28(24)35)17-26(33)36-29(3,4)5/h6-13,23-24H,14-18H2,1-5H3,(H,30,34)/t23-,24+/m1/s1. The highest BCUT2D eigenvalue weighted by Crippen LogP contribution is 2.28. The van der Waals surface area contributed by atoms with Crippen molar-refractivity contribution in [2.24, 2.45) is 5.92 Å². The van der Waals surface area contributed by atoms with E-state index < -0.39 is 23.5 Å². The number of hydrogen-bond acceptors (Lipinski definition) is 6. The van der Waals surface area contributed by atoms with Gasteiger partial charge in [-0.3, -0.25) is 24.1 Å². The summed E-state index contributed by atoms with van der Waals surface area (Å²) in [6.45, 7) is 8.56. The second kappa shape index (κ2) is 12.4. The fraction of sp³-hybridized carbons (Fsp3) is 0.448. The molecule has 2 aromatic carbocycles. The lowest BCUT2D eigenvalue weighted by molar-refractivity contribution is -0.153. The highest BCUT2D eigenvalue weighted by molar-refractivity contribution is 8.13. The van der Waals surface area contributed by atoms with Crippen molar-refractivity contribution in [3.63, 3.8) is 0 Å². The first-order chi connectivity index (χ1) is 17.4. The van der Waals surface area contributed by atoms with Crippen LogP contribution in [0.4, 0.5) is 5.69 Å². The molecular formula is C29H36N2O5S. The highest BCUT2D eigenvalue weighted by atomic mass is 32.2. The average Bonchev–Trinajstić information content (AvgIpc) is 2.94. The van der Waals surface area contributed by atoms with E-state index in [2.05, 4.69) is 5.32 Å². The van der Waals surface area contributed by atoms with Crippen LogP contribution in [0.25, 0.3) is 0 Å². The lowest BCUT2D eigenvalue weighted by Crippen LogP contribution is -2.51. The predicted octanol–water partition coefficient (Wildman–Crippen LogP) is 4.24. The van der Waals surface area contributed by atoms with Crippen LogP contribution in [0, 0.1) is 12.8 Å². The predicted molar refractivity (Wildman–Crippen MR) is 146 cm³/mol. The van der Waals surface area contributed by atoms with Gasteiger partial charge in [-0.05, 0) is 69.7 Å². The van der Waals surface area contributed by atoms with Gasteiger partial charge in [-0.25, -0.2) is 0 Å². The van der Waals surface area contributed by atoms with E-state index in [-0.39, 0.29) is 23.5 Å². The van der Waals surface area contributed by atoms with Crippen molar-refractivity contribution in [3.8, 4) is 0 Å². The third kappa shape index (κ3) is 8.18. The Kier molecular flexibility index (Phi) is 9.54. The number of esters is 1. The Hall–Kier alpha value is -3.13. The molecule has 3 rings (SSSR count). The van der Waals surface area contributed by atoms with E-state index in [1.807, 2.05) is 55.5 Å². The zero-order chi connectivity index (χ0) is 27.2. The minimum absolute atomic E-state index is 0.0629. The van der Waals surface area contributed by atoms with Gasteiger partial charge in [0.25, 0.3) is 0 Å². The quantitative estimate of drug-likeness (QED) is 0.520. The fourth-order valence-electron chi connectivity index (χ4n) is 4.35. The summed E-state index contributed by atoms with van der Waals surface area (Å²) in [5.41, 5.74) is 2.99. The molecule has 7 nitrogen and oxygen atoms in total. The number of nitrogens with one attached hydrogen (secondary N) is 1. The summed E-state index contributed by atoms with van der Waals surface area (Å²) in [5.74, 6) is -1.32. The molecule has 1 aliphatic rings. The van der Waals surface area contributed by atoms with Crippen LogP contribution in [0.3, 0.4) is 0 Å². The van der Waals surface area contributed by atoms with Gasteiger partial charge in [0.15, 0.2) is 5.12 Å². The summed E-state index contributed by atoms with van der Waals surface area (Å²) in [6.07, 6.45) is 1.44. The molecule has 2 atom stereocenters. The summed E-state index contributed by atoms with van der Waals surface area (Å²) >= 11 is 1.11. The van der Waals surface area contributed by atoms with Crippen molar-refractivity contribution in [1.29, 1.82) is 0 Å². The number of hydrogen-bond donors (Lipinski definition) is 1. The summed E-state index contributed by atoms with van der Waals surface area (Å²) in [7, 11) is 0. The number of rotatable bonds is 8. The number of amides is 2. The van der Waals surface area contributed by atoms with Crippen LogP contribution in [0.15, 0.2) is 48.5 Å². The van der Waals surface area contributed by atoms with Gasteiger partial charge >= 0.3 is 5.97 Å². The Labute approximate surface area is 223 Å². The van der Waals surface area contributed by atoms with Crippen LogP contribution in [0.2, 0.25) is 0 Å². The molecule has 1 aliphatic heterocycles. The SMILES string of the molecule is CC(=O)SC[C@@H](Cc1ccccc1C)C(=O)N[C@H]1CCc2ccccc2N(CC(=O)OC(C)(C)C)C1=O. The van der Waals surface area contributed by atoms with Gasteiger partial charge in [-0.1, -0.05) is 54.2 Å². The number of carbonyl (C=O) groups is 4. The molecule has 0 bridgehead atoms. The Morgan fingerprint density at radius 1 is 1.11 bits per heavy atom. The van der Waals surface area contributed by atoms with Gasteiger partial charge in [0.05, 0.1) is 5.92 Å². The number of nitrogens with zero attached hydrogens (tertiary/aromatic N) is 1. The fourth-order valence-corrected chi connectivity index (χ4v) is 5.06. The van der Waals surface area contributed by atoms with Crippen LogP contribution in [-0.4, -0.2) is 46.8 Å². The van der Waals surface area contributed by atoms with E-state index in [9.17, 15) is 19.2 Å². The summed E-state index contributed by atoms with van der Waals surface area (Å²) < 4.78 is 5.48. The highest BCUT2D eigenvalue weighted by Gasteiger charge is 2.35. The van der Waals surface area contributed by atoms with Gasteiger partial charge in [0.1, 0.15) is 18.2 Å². The number of benzene rings is 2. The van der Waals surface area contributed by atoms with Crippen molar-refractivity contribution in [2.75, 3.05) is 17.2 Å². The van der Waals surface area contributed by atoms with E-state index in [4.69, 9.17) is 4.74 Å². The molecular weight excluding hydrogens is 488 g/mol. The minimum Gasteiger partial charge on any atom is -0.459 e.